The summed E-state index contributed by atoms with van der Waals surface area (Å²) in [6.07, 6.45) is 4.94. The van der Waals surface area contributed by atoms with Gasteiger partial charge in [0, 0.05) is 10.6 Å². The fraction of sp³-hybridized carbons (Fsp3) is 0.647. The summed E-state index contributed by atoms with van der Waals surface area (Å²) in [5.41, 5.74) is 1.40. The second-order valence-electron chi connectivity index (χ2n) is 6.14. The van der Waals surface area contributed by atoms with Crippen molar-refractivity contribution in [2.75, 3.05) is 11.5 Å². The van der Waals surface area contributed by atoms with Crippen LogP contribution in [0.5, 0.6) is 0 Å². The monoisotopic (exact) mass is 372 g/mol. The molecule has 0 N–H and O–H groups in total. The van der Waals surface area contributed by atoms with Crippen LogP contribution in [0.3, 0.4) is 0 Å². The van der Waals surface area contributed by atoms with Crippen molar-refractivity contribution < 1.29 is 8.42 Å². The highest BCUT2D eigenvalue weighted by atomic mass is 79.9. The maximum absolute atomic E-state index is 11.9. The number of benzene rings is 1. The van der Waals surface area contributed by atoms with E-state index in [1.54, 1.807) is 0 Å². The Kier molecular flexibility index (Phi) is 6.30. The van der Waals surface area contributed by atoms with Crippen LogP contribution < -0.4 is 0 Å². The molecular formula is C17H25BrO2S. The Hall–Kier alpha value is -0.350. The lowest BCUT2D eigenvalue weighted by Crippen LogP contribution is -2.26. The van der Waals surface area contributed by atoms with Crippen LogP contribution in [0, 0.1) is 5.92 Å². The summed E-state index contributed by atoms with van der Waals surface area (Å²) in [5.74, 6) is 1.72. The number of sulfone groups is 1. The highest BCUT2D eigenvalue weighted by Crippen LogP contribution is 2.40. The Bertz CT molecular complexity index is 527. The molecule has 3 unspecified atom stereocenters. The molecule has 1 saturated carbocycles. The first-order valence-electron chi connectivity index (χ1n) is 7.91. The first-order chi connectivity index (χ1) is 10.0. The van der Waals surface area contributed by atoms with E-state index in [1.165, 1.54) is 12.0 Å². The predicted molar refractivity (Wildman–Crippen MR) is 92.8 cm³/mol. The van der Waals surface area contributed by atoms with Crippen molar-refractivity contribution in [1.29, 1.82) is 0 Å². The highest BCUT2D eigenvalue weighted by Gasteiger charge is 2.30. The van der Waals surface area contributed by atoms with Crippen molar-refractivity contribution in [2.24, 2.45) is 5.92 Å². The fourth-order valence-corrected chi connectivity index (χ4v) is 5.53. The topological polar surface area (TPSA) is 34.1 Å². The van der Waals surface area contributed by atoms with Gasteiger partial charge in [0.1, 0.15) is 9.84 Å². The fourth-order valence-electron chi connectivity index (χ4n) is 3.30. The molecular weight excluding hydrogens is 348 g/mol. The summed E-state index contributed by atoms with van der Waals surface area (Å²) >= 11 is 3.77. The molecule has 0 aliphatic heterocycles. The average molecular weight is 373 g/mol. The van der Waals surface area contributed by atoms with Gasteiger partial charge in [-0.2, -0.15) is 0 Å². The summed E-state index contributed by atoms with van der Waals surface area (Å²) < 4.78 is 23.8. The molecule has 1 aliphatic carbocycles. The van der Waals surface area contributed by atoms with E-state index >= 15 is 0 Å². The van der Waals surface area contributed by atoms with Crippen LogP contribution in [0.25, 0.3) is 0 Å². The lowest BCUT2D eigenvalue weighted by Gasteiger charge is -2.33. The van der Waals surface area contributed by atoms with Crippen LogP contribution in [0.4, 0.5) is 0 Å². The van der Waals surface area contributed by atoms with Gasteiger partial charge in [-0.05, 0) is 49.5 Å². The van der Waals surface area contributed by atoms with Crippen molar-refractivity contribution in [1.82, 2.24) is 0 Å². The second kappa shape index (κ2) is 7.77. The third kappa shape index (κ3) is 5.10. The Labute approximate surface area is 137 Å². The SMILES string of the molecule is CCCS(=O)(=O)CCC1CC(c2ccccc2)CCC1Br. The van der Waals surface area contributed by atoms with E-state index in [1.807, 2.05) is 6.92 Å². The molecule has 4 heteroatoms. The predicted octanol–water partition coefficient (Wildman–Crippen LogP) is 4.55. The van der Waals surface area contributed by atoms with Gasteiger partial charge in [0.25, 0.3) is 0 Å². The number of rotatable bonds is 6. The van der Waals surface area contributed by atoms with E-state index in [4.69, 9.17) is 0 Å². The quantitative estimate of drug-likeness (QED) is 0.686. The van der Waals surface area contributed by atoms with Gasteiger partial charge in [-0.15, -0.1) is 0 Å². The summed E-state index contributed by atoms with van der Waals surface area (Å²) in [6.45, 7) is 1.93. The van der Waals surface area contributed by atoms with Gasteiger partial charge in [-0.3, -0.25) is 0 Å². The summed E-state index contributed by atoms with van der Waals surface area (Å²) in [5, 5.41) is 0. The molecule has 1 aliphatic rings. The van der Waals surface area contributed by atoms with Gasteiger partial charge in [0.15, 0.2) is 0 Å². The lowest BCUT2D eigenvalue weighted by molar-refractivity contribution is 0.329. The highest BCUT2D eigenvalue weighted by molar-refractivity contribution is 9.09. The minimum Gasteiger partial charge on any atom is -0.229 e. The first-order valence-corrected chi connectivity index (χ1v) is 10.6. The first kappa shape index (κ1) is 17.0. The third-order valence-corrected chi connectivity index (χ3v) is 7.57. The maximum Gasteiger partial charge on any atom is 0.150 e. The van der Waals surface area contributed by atoms with Crippen LogP contribution in [-0.2, 0) is 9.84 Å². The molecule has 0 saturated heterocycles. The molecule has 1 fully saturated rings. The number of alkyl halides is 1. The molecule has 21 heavy (non-hydrogen) atoms. The van der Waals surface area contributed by atoms with Crippen LogP contribution in [0.1, 0.15) is 50.5 Å². The minimum atomic E-state index is -2.86. The van der Waals surface area contributed by atoms with Crippen molar-refractivity contribution in [3.8, 4) is 0 Å². The molecule has 0 heterocycles. The Morgan fingerprint density at radius 3 is 2.52 bits per heavy atom. The molecule has 3 atom stereocenters. The summed E-state index contributed by atoms with van der Waals surface area (Å²) in [6, 6.07) is 10.6. The smallest absolute Gasteiger partial charge is 0.150 e. The van der Waals surface area contributed by atoms with Crippen molar-refractivity contribution in [3.63, 3.8) is 0 Å². The molecule has 0 aromatic heterocycles. The number of hydrogen-bond donors (Lipinski definition) is 0. The van der Waals surface area contributed by atoms with Crippen LogP contribution in [0.2, 0.25) is 0 Å². The zero-order chi connectivity index (χ0) is 15.3. The van der Waals surface area contributed by atoms with Crippen molar-refractivity contribution in [3.05, 3.63) is 35.9 Å². The Morgan fingerprint density at radius 1 is 1.14 bits per heavy atom. The second-order valence-corrected chi connectivity index (χ2v) is 9.62. The molecule has 2 rings (SSSR count). The number of hydrogen-bond acceptors (Lipinski definition) is 2. The summed E-state index contributed by atoms with van der Waals surface area (Å²) in [4.78, 5) is 0.467. The molecule has 0 bridgehead atoms. The van der Waals surface area contributed by atoms with Crippen molar-refractivity contribution >= 4 is 25.8 Å². The van der Waals surface area contributed by atoms with E-state index in [-0.39, 0.29) is 0 Å². The van der Waals surface area contributed by atoms with E-state index in [2.05, 4.69) is 46.3 Å². The van der Waals surface area contributed by atoms with E-state index in [9.17, 15) is 8.42 Å². The average Bonchev–Trinajstić information content (AvgIpc) is 2.47. The number of halogens is 1. The molecule has 0 radical (unpaired) electrons. The van der Waals surface area contributed by atoms with E-state index < -0.39 is 9.84 Å². The Balaban J connectivity index is 1.96. The minimum absolute atomic E-state index is 0.328. The zero-order valence-corrected chi connectivity index (χ0v) is 15.1. The molecule has 0 spiro atoms. The molecule has 0 amide bonds. The Morgan fingerprint density at radius 2 is 1.86 bits per heavy atom. The normalized spacial score (nSPS) is 26.7. The van der Waals surface area contributed by atoms with Gasteiger partial charge in [-0.1, -0.05) is 53.2 Å². The van der Waals surface area contributed by atoms with Gasteiger partial charge in [0.05, 0.1) is 5.75 Å². The van der Waals surface area contributed by atoms with Crippen LogP contribution in [0.15, 0.2) is 30.3 Å². The molecule has 118 valence electrons. The van der Waals surface area contributed by atoms with E-state index in [0.29, 0.717) is 28.2 Å². The van der Waals surface area contributed by atoms with Gasteiger partial charge >= 0.3 is 0 Å². The molecule has 2 nitrogen and oxygen atoms in total. The van der Waals surface area contributed by atoms with Crippen LogP contribution >= 0.6 is 15.9 Å². The third-order valence-electron chi connectivity index (χ3n) is 4.48. The van der Waals surface area contributed by atoms with Crippen molar-refractivity contribution in [2.45, 2.75) is 49.8 Å². The lowest BCUT2D eigenvalue weighted by atomic mass is 9.77. The molecule has 1 aromatic carbocycles. The maximum atomic E-state index is 11.9. The largest absolute Gasteiger partial charge is 0.229 e. The standard InChI is InChI=1S/C17H25BrO2S/c1-2-11-21(19,20)12-10-16-13-15(8-9-17(16)18)14-6-4-3-5-7-14/h3-7,15-17H,2,8-13H2,1H3. The van der Waals surface area contributed by atoms with Gasteiger partial charge in [0.2, 0.25) is 0 Å². The zero-order valence-electron chi connectivity index (χ0n) is 12.7. The van der Waals surface area contributed by atoms with Crippen LogP contribution in [-0.4, -0.2) is 24.8 Å². The van der Waals surface area contributed by atoms with E-state index in [0.717, 1.165) is 25.7 Å². The van der Waals surface area contributed by atoms with Gasteiger partial charge < -0.3 is 0 Å². The summed E-state index contributed by atoms with van der Waals surface area (Å²) in [7, 11) is -2.86. The van der Waals surface area contributed by atoms with Gasteiger partial charge in [-0.25, -0.2) is 8.42 Å². The molecule has 1 aromatic rings.